The first-order valence-electron chi connectivity index (χ1n) is 5.13. The number of ether oxygens (including phenoxy) is 1. The van der Waals surface area contributed by atoms with Gasteiger partial charge in [-0.3, -0.25) is 4.90 Å². The van der Waals surface area contributed by atoms with Gasteiger partial charge in [0.15, 0.2) is 0 Å². The maximum atomic E-state index is 9.38. The van der Waals surface area contributed by atoms with Crippen LogP contribution in [-0.2, 0) is 4.74 Å². The number of phenols is 1. The van der Waals surface area contributed by atoms with Gasteiger partial charge in [-0.25, -0.2) is 0 Å². The first kappa shape index (κ1) is 12.0. The molecule has 15 heavy (non-hydrogen) atoms. The fourth-order valence-corrected chi connectivity index (χ4v) is 1.47. The molecule has 3 heteroatoms. The van der Waals surface area contributed by atoms with Gasteiger partial charge in [0.2, 0.25) is 0 Å². The van der Waals surface area contributed by atoms with Crippen molar-refractivity contribution in [3.63, 3.8) is 0 Å². The molecule has 0 saturated carbocycles. The Hall–Kier alpha value is -1.06. The minimum Gasteiger partial charge on any atom is -0.508 e. The summed E-state index contributed by atoms with van der Waals surface area (Å²) >= 11 is 0. The highest BCUT2D eigenvalue weighted by atomic mass is 16.5. The molecule has 84 valence electrons. The van der Waals surface area contributed by atoms with Crippen molar-refractivity contribution >= 4 is 0 Å². The lowest BCUT2D eigenvalue weighted by molar-refractivity contribution is 0.143. The molecule has 0 bridgehead atoms. The van der Waals surface area contributed by atoms with Gasteiger partial charge in [0.1, 0.15) is 5.75 Å². The Kier molecular flexibility index (Phi) is 4.59. The summed E-state index contributed by atoms with van der Waals surface area (Å²) in [5.74, 6) is 0.319. The van der Waals surface area contributed by atoms with Gasteiger partial charge in [0, 0.05) is 19.7 Å². The van der Waals surface area contributed by atoms with Crippen molar-refractivity contribution in [1.82, 2.24) is 4.90 Å². The first-order valence-corrected chi connectivity index (χ1v) is 5.13. The topological polar surface area (TPSA) is 32.7 Å². The molecular weight excluding hydrogens is 190 g/mol. The fourth-order valence-electron chi connectivity index (χ4n) is 1.47. The Morgan fingerprint density at radius 2 is 2.20 bits per heavy atom. The molecule has 1 aromatic carbocycles. The van der Waals surface area contributed by atoms with Crippen molar-refractivity contribution in [1.29, 1.82) is 0 Å². The highest BCUT2D eigenvalue weighted by Crippen LogP contribution is 2.21. The molecule has 1 rings (SSSR count). The quantitative estimate of drug-likeness (QED) is 0.805. The molecule has 3 nitrogen and oxygen atoms in total. The molecule has 1 atom stereocenters. The second-order valence-corrected chi connectivity index (χ2v) is 3.74. The van der Waals surface area contributed by atoms with Crippen LogP contribution in [0.4, 0.5) is 0 Å². The number of benzene rings is 1. The summed E-state index contributed by atoms with van der Waals surface area (Å²) < 4.78 is 5.03. The third-order valence-electron chi connectivity index (χ3n) is 2.66. The maximum Gasteiger partial charge on any atom is 0.115 e. The van der Waals surface area contributed by atoms with Crippen LogP contribution in [0.2, 0.25) is 0 Å². The summed E-state index contributed by atoms with van der Waals surface area (Å²) in [4.78, 5) is 2.19. The van der Waals surface area contributed by atoms with E-state index in [-0.39, 0.29) is 6.04 Å². The Morgan fingerprint density at radius 3 is 2.80 bits per heavy atom. The highest BCUT2D eigenvalue weighted by molar-refractivity contribution is 5.29. The fraction of sp³-hybridized carbons (Fsp3) is 0.500. The van der Waals surface area contributed by atoms with Crippen LogP contribution < -0.4 is 0 Å². The van der Waals surface area contributed by atoms with Crippen LogP contribution in [0.3, 0.4) is 0 Å². The lowest BCUT2D eigenvalue weighted by atomic mass is 10.1. The van der Waals surface area contributed by atoms with Crippen molar-refractivity contribution in [3.05, 3.63) is 29.8 Å². The highest BCUT2D eigenvalue weighted by Gasteiger charge is 2.11. The molecule has 0 aliphatic rings. The molecule has 0 aliphatic carbocycles. The Labute approximate surface area is 91.3 Å². The SMILES string of the molecule is COCCN(C)C(C)c1cccc(O)c1. The zero-order chi connectivity index (χ0) is 11.3. The smallest absolute Gasteiger partial charge is 0.115 e. The van der Waals surface area contributed by atoms with Gasteiger partial charge in [-0.05, 0) is 31.7 Å². The second kappa shape index (κ2) is 5.73. The van der Waals surface area contributed by atoms with Crippen LogP contribution in [0.1, 0.15) is 18.5 Å². The number of hydrogen-bond acceptors (Lipinski definition) is 3. The molecule has 1 unspecified atom stereocenters. The van der Waals surface area contributed by atoms with E-state index >= 15 is 0 Å². The van der Waals surface area contributed by atoms with Crippen LogP contribution in [0.15, 0.2) is 24.3 Å². The van der Waals surface area contributed by atoms with Gasteiger partial charge >= 0.3 is 0 Å². The summed E-state index contributed by atoms with van der Waals surface area (Å²) in [6, 6.07) is 7.66. The third kappa shape index (κ3) is 3.53. The van der Waals surface area contributed by atoms with E-state index in [0.717, 1.165) is 18.7 Å². The van der Waals surface area contributed by atoms with Crippen molar-refractivity contribution in [2.75, 3.05) is 27.3 Å². The van der Waals surface area contributed by atoms with Gasteiger partial charge < -0.3 is 9.84 Å². The van der Waals surface area contributed by atoms with Crippen molar-refractivity contribution in [2.45, 2.75) is 13.0 Å². The van der Waals surface area contributed by atoms with Crippen LogP contribution in [0, 0.1) is 0 Å². The molecular formula is C12H19NO2. The summed E-state index contributed by atoms with van der Waals surface area (Å²) in [5.41, 5.74) is 1.12. The molecule has 0 aliphatic heterocycles. The molecule has 0 spiro atoms. The standard InChI is InChI=1S/C12H19NO2/c1-10(13(2)7-8-15-3)11-5-4-6-12(14)9-11/h4-6,9-10,14H,7-8H2,1-3H3. The van der Waals surface area contributed by atoms with Gasteiger partial charge in [-0.15, -0.1) is 0 Å². The van der Waals surface area contributed by atoms with Crippen molar-refractivity contribution < 1.29 is 9.84 Å². The van der Waals surface area contributed by atoms with E-state index in [2.05, 4.69) is 11.8 Å². The first-order chi connectivity index (χ1) is 7.15. The number of hydrogen-bond donors (Lipinski definition) is 1. The number of aromatic hydroxyl groups is 1. The van der Waals surface area contributed by atoms with E-state index in [1.807, 2.05) is 19.2 Å². The normalized spacial score (nSPS) is 13.1. The van der Waals surface area contributed by atoms with E-state index in [0.29, 0.717) is 5.75 Å². The average Bonchev–Trinajstić information content (AvgIpc) is 2.24. The monoisotopic (exact) mass is 209 g/mol. The van der Waals surface area contributed by atoms with Gasteiger partial charge in [0.05, 0.1) is 6.61 Å². The average molecular weight is 209 g/mol. The number of phenolic OH excluding ortho intramolecular Hbond substituents is 1. The molecule has 0 radical (unpaired) electrons. The van der Waals surface area contributed by atoms with Gasteiger partial charge in [-0.1, -0.05) is 12.1 Å². The zero-order valence-electron chi connectivity index (χ0n) is 9.60. The Bertz CT molecular complexity index is 301. The van der Waals surface area contributed by atoms with Crippen molar-refractivity contribution in [3.8, 4) is 5.75 Å². The lowest BCUT2D eigenvalue weighted by Gasteiger charge is -2.24. The van der Waals surface area contributed by atoms with Gasteiger partial charge in [0.25, 0.3) is 0 Å². The maximum absolute atomic E-state index is 9.38. The molecule has 0 saturated heterocycles. The molecule has 1 aromatic rings. The predicted octanol–water partition coefficient (Wildman–Crippen LogP) is 2.03. The minimum atomic E-state index is 0.284. The molecule has 0 fully saturated rings. The van der Waals surface area contributed by atoms with Crippen LogP contribution in [-0.4, -0.2) is 37.3 Å². The van der Waals surface area contributed by atoms with E-state index in [1.165, 1.54) is 0 Å². The summed E-state index contributed by atoms with van der Waals surface area (Å²) in [6.07, 6.45) is 0. The summed E-state index contributed by atoms with van der Waals surface area (Å²) in [7, 11) is 3.75. The van der Waals surface area contributed by atoms with Crippen LogP contribution in [0.5, 0.6) is 5.75 Å². The number of methoxy groups -OCH3 is 1. The lowest BCUT2D eigenvalue weighted by Crippen LogP contribution is -2.26. The Balaban J connectivity index is 2.62. The van der Waals surface area contributed by atoms with Crippen LogP contribution in [0.25, 0.3) is 0 Å². The molecule has 1 N–H and O–H groups in total. The van der Waals surface area contributed by atoms with E-state index < -0.39 is 0 Å². The summed E-state index contributed by atoms with van der Waals surface area (Å²) in [6.45, 7) is 3.72. The largest absolute Gasteiger partial charge is 0.508 e. The predicted molar refractivity (Wildman–Crippen MR) is 61.0 cm³/mol. The molecule has 0 aromatic heterocycles. The minimum absolute atomic E-state index is 0.284. The summed E-state index contributed by atoms with van der Waals surface area (Å²) in [5, 5.41) is 9.38. The van der Waals surface area contributed by atoms with Crippen LogP contribution >= 0.6 is 0 Å². The zero-order valence-corrected chi connectivity index (χ0v) is 9.60. The Morgan fingerprint density at radius 1 is 1.47 bits per heavy atom. The number of nitrogens with zero attached hydrogens (tertiary/aromatic N) is 1. The van der Waals surface area contributed by atoms with Crippen molar-refractivity contribution in [2.24, 2.45) is 0 Å². The van der Waals surface area contributed by atoms with E-state index in [4.69, 9.17) is 4.74 Å². The van der Waals surface area contributed by atoms with E-state index in [1.54, 1.807) is 19.2 Å². The van der Waals surface area contributed by atoms with E-state index in [9.17, 15) is 5.11 Å². The number of likely N-dealkylation sites (N-methyl/N-ethyl adjacent to an activating group) is 1. The number of rotatable bonds is 5. The van der Waals surface area contributed by atoms with Gasteiger partial charge in [-0.2, -0.15) is 0 Å². The molecule has 0 heterocycles. The molecule has 0 amide bonds. The second-order valence-electron chi connectivity index (χ2n) is 3.74. The third-order valence-corrected chi connectivity index (χ3v) is 2.66.